The fourth-order valence-electron chi connectivity index (χ4n) is 4.42. The van der Waals surface area contributed by atoms with Gasteiger partial charge in [0.05, 0.1) is 0 Å². The Hall–Kier alpha value is -4.92. The number of carbonyl (C=O) groups is 3. The number of aromatic amines is 1. The number of H-pyrrole nitrogens is 1. The van der Waals surface area contributed by atoms with E-state index in [0.29, 0.717) is 12.8 Å². The second-order valence-electron chi connectivity index (χ2n) is 9.19. The number of benzene rings is 3. The maximum absolute atomic E-state index is 12.8. The normalized spacial score (nSPS) is 15.3. The number of aliphatic imine (C=N–C) groups is 1. The van der Waals surface area contributed by atoms with Crippen LogP contribution in [0.2, 0.25) is 0 Å². The highest BCUT2D eigenvalue weighted by molar-refractivity contribution is 6.01. The zero-order valence-corrected chi connectivity index (χ0v) is 21.1. The van der Waals surface area contributed by atoms with Crippen LogP contribution in [0.3, 0.4) is 0 Å². The van der Waals surface area contributed by atoms with E-state index in [1.165, 1.54) is 0 Å². The van der Waals surface area contributed by atoms with Crippen LogP contribution < -0.4 is 10.6 Å². The van der Waals surface area contributed by atoms with Crippen LogP contribution in [0, 0.1) is 0 Å². The molecule has 0 spiro atoms. The van der Waals surface area contributed by atoms with Crippen LogP contribution in [0.1, 0.15) is 16.7 Å². The number of esters is 1. The summed E-state index contributed by atoms with van der Waals surface area (Å²) in [6.45, 7) is -0.214. The van der Waals surface area contributed by atoms with Gasteiger partial charge in [0.2, 0.25) is 11.8 Å². The summed E-state index contributed by atoms with van der Waals surface area (Å²) in [5.41, 5.74) is 3.70. The number of nitrogens with zero attached hydrogens (tertiary/aromatic N) is 1. The first kappa shape index (κ1) is 25.7. The zero-order valence-electron chi connectivity index (χ0n) is 21.1. The highest BCUT2D eigenvalue weighted by Crippen LogP contribution is 2.23. The van der Waals surface area contributed by atoms with Crippen LogP contribution in [0.25, 0.3) is 10.9 Å². The number of para-hydroxylation sites is 1. The minimum Gasteiger partial charge on any atom is -0.445 e. The molecule has 0 fully saturated rings. The molecular formula is C30H28N4O5. The minimum atomic E-state index is -0.722. The fraction of sp³-hybridized carbons (Fsp3) is 0.200. The fourth-order valence-corrected chi connectivity index (χ4v) is 4.42. The van der Waals surface area contributed by atoms with Crippen LogP contribution in [-0.2, 0) is 38.5 Å². The number of rotatable bonds is 10. The van der Waals surface area contributed by atoms with Crippen LogP contribution in [0.5, 0.6) is 0 Å². The Bertz CT molecular complexity index is 1480. The summed E-state index contributed by atoms with van der Waals surface area (Å²) < 4.78 is 10.7. The smallest absolute Gasteiger partial charge is 0.407 e. The molecule has 1 aliphatic rings. The number of carbonyl (C=O) groups excluding carboxylic acids is 3. The molecule has 0 aliphatic carbocycles. The Labute approximate surface area is 225 Å². The molecule has 1 aliphatic heterocycles. The van der Waals surface area contributed by atoms with E-state index in [4.69, 9.17) is 9.47 Å². The highest BCUT2D eigenvalue weighted by Gasteiger charge is 2.34. The number of ether oxygens (including phenoxy) is 2. The largest absolute Gasteiger partial charge is 0.445 e. The summed E-state index contributed by atoms with van der Waals surface area (Å²) in [4.78, 5) is 45.4. The van der Waals surface area contributed by atoms with Crippen molar-refractivity contribution in [3.8, 4) is 0 Å². The summed E-state index contributed by atoms with van der Waals surface area (Å²) in [5, 5.41) is 6.32. The van der Waals surface area contributed by atoms with E-state index in [2.05, 4.69) is 20.6 Å². The molecule has 2 unspecified atom stereocenters. The highest BCUT2D eigenvalue weighted by atomic mass is 16.6. The predicted octanol–water partition coefficient (Wildman–Crippen LogP) is 3.69. The molecule has 3 N–H and O–H groups in total. The molecule has 2 amide bonds. The van der Waals surface area contributed by atoms with Gasteiger partial charge in [-0.3, -0.25) is 4.79 Å². The molecular weight excluding hydrogens is 496 g/mol. The number of hydrogen-bond acceptors (Lipinski definition) is 6. The van der Waals surface area contributed by atoms with Gasteiger partial charge in [-0.25, -0.2) is 14.6 Å². The standard InChI is InChI=1S/C30H28N4O5/c35-27(18-32-30(37)38-19-21-11-5-2-6-12-21)33-25(15-20-9-3-1-4-10-20)28-34-26(29(36)39-28)16-22-17-31-24-14-8-7-13-23(22)24/h1-14,17,25-26,31H,15-16,18-19H2,(H,32,37)(H,33,35). The lowest BCUT2D eigenvalue weighted by molar-refractivity contribution is -0.135. The van der Waals surface area contributed by atoms with Crippen LogP contribution in [0.4, 0.5) is 4.79 Å². The first-order valence-electron chi connectivity index (χ1n) is 12.7. The molecule has 1 aromatic heterocycles. The number of cyclic esters (lactones) is 1. The van der Waals surface area contributed by atoms with Gasteiger partial charge in [0.15, 0.2) is 6.04 Å². The molecule has 5 rings (SSSR count). The number of aromatic nitrogens is 1. The Morgan fingerprint density at radius 2 is 1.64 bits per heavy atom. The van der Waals surface area contributed by atoms with E-state index >= 15 is 0 Å². The quantitative estimate of drug-likeness (QED) is 0.273. The number of nitrogens with one attached hydrogen (secondary N) is 3. The van der Waals surface area contributed by atoms with Gasteiger partial charge in [0.25, 0.3) is 0 Å². The minimum absolute atomic E-state index is 0.0928. The van der Waals surface area contributed by atoms with Crippen molar-refractivity contribution >= 4 is 34.8 Å². The van der Waals surface area contributed by atoms with Gasteiger partial charge in [-0.2, -0.15) is 0 Å². The molecule has 2 heterocycles. The number of amides is 2. The lowest BCUT2D eigenvalue weighted by Gasteiger charge is -2.18. The topological polar surface area (TPSA) is 122 Å². The summed E-state index contributed by atoms with van der Waals surface area (Å²) in [7, 11) is 0. The van der Waals surface area contributed by atoms with Crippen molar-refractivity contribution in [3.05, 3.63) is 108 Å². The van der Waals surface area contributed by atoms with Crippen LogP contribution in [-0.4, -0.2) is 47.5 Å². The third-order valence-electron chi connectivity index (χ3n) is 6.37. The molecule has 4 aromatic rings. The van der Waals surface area contributed by atoms with Crippen LogP contribution >= 0.6 is 0 Å². The average Bonchev–Trinajstić information content (AvgIpc) is 3.55. The molecule has 0 bridgehead atoms. The zero-order chi connectivity index (χ0) is 27.0. The molecule has 198 valence electrons. The maximum atomic E-state index is 12.8. The predicted molar refractivity (Wildman–Crippen MR) is 146 cm³/mol. The molecule has 0 saturated carbocycles. The average molecular weight is 525 g/mol. The van der Waals surface area contributed by atoms with E-state index in [0.717, 1.165) is 27.6 Å². The first-order valence-corrected chi connectivity index (χ1v) is 12.7. The molecule has 9 nitrogen and oxygen atoms in total. The van der Waals surface area contributed by atoms with Crippen molar-refractivity contribution < 1.29 is 23.9 Å². The lowest BCUT2D eigenvalue weighted by Crippen LogP contribution is -2.47. The van der Waals surface area contributed by atoms with Crippen molar-refractivity contribution in [3.63, 3.8) is 0 Å². The Kier molecular flexibility index (Phi) is 7.97. The van der Waals surface area contributed by atoms with Crippen molar-refractivity contribution in [2.24, 2.45) is 4.99 Å². The number of alkyl carbamates (subject to hydrolysis) is 1. The van der Waals surface area contributed by atoms with E-state index < -0.39 is 30.1 Å². The molecule has 9 heteroatoms. The summed E-state index contributed by atoms with van der Waals surface area (Å²) in [6.07, 6.45) is 1.89. The number of fused-ring (bicyclic) bond motifs is 1. The second kappa shape index (κ2) is 12.1. The molecule has 3 aromatic carbocycles. The van der Waals surface area contributed by atoms with Gasteiger partial charge in [-0.1, -0.05) is 78.9 Å². The number of hydrogen-bond donors (Lipinski definition) is 3. The lowest BCUT2D eigenvalue weighted by atomic mass is 10.1. The Balaban J connectivity index is 1.23. The first-order chi connectivity index (χ1) is 19.0. The third-order valence-corrected chi connectivity index (χ3v) is 6.37. The van der Waals surface area contributed by atoms with Gasteiger partial charge >= 0.3 is 12.1 Å². The van der Waals surface area contributed by atoms with Gasteiger partial charge in [0.1, 0.15) is 19.2 Å². The Morgan fingerprint density at radius 1 is 0.949 bits per heavy atom. The maximum Gasteiger partial charge on any atom is 0.407 e. The third kappa shape index (κ3) is 6.70. The van der Waals surface area contributed by atoms with Crippen molar-refractivity contribution in [1.29, 1.82) is 0 Å². The van der Waals surface area contributed by atoms with Crippen molar-refractivity contribution in [1.82, 2.24) is 15.6 Å². The monoisotopic (exact) mass is 524 g/mol. The van der Waals surface area contributed by atoms with E-state index in [1.807, 2.05) is 91.1 Å². The van der Waals surface area contributed by atoms with E-state index in [-0.39, 0.29) is 19.0 Å². The van der Waals surface area contributed by atoms with Gasteiger partial charge in [0, 0.05) is 29.9 Å². The SMILES string of the molecule is O=C(CNC(=O)OCc1ccccc1)NC(Cc1ccccc1)C1=NC(Cc2c[nH]c3ccccc23)C(=O)O1. The van der Waals surface area contributed by atoms with Gasteiger partial charge < -0.3 is 25.1 Å². The van der Waals surface area contributed by atoms with E-state index in [9.17, 15) is 14.4 Å². The van der Waals surface area contributed by atoms with E-state index in [1.54, 1.807) is 0 Å². The summed E-state index contributed by atoms with van der Waals surface area (Å²) >= 11 is 0. The van der Waals surface area contributed by atoms with Crippen LogP contribution in [0.15, 0.2) is 96.1 Å². The molecule has 2 atom stereocenters. The molecule has 0 saturated heterocycles. The van der Waals surface area contributed by atoms with Crippen molar-refractivity contribution in [2.75, 3.05) is 6.54 Å². The Morgan fingerprint density at radius 3 is 2.41 bits per heavy atom. The van der Waals surface area contributed by atoms with Gasteiger partial charge in [-0.15, -0.1) is 0 Å². The van der Waals surface area contributed by atoms with Gasteiger partial charge in [-0.05, 0) is 22.8 Å². The van der Waals surface area contributed by atoms with Crippen molar-refractivity contribution in [2.45, 2.75) is 31.5 Å². The molecule has 0 radical (unpaired) electrons. The summed E-state index contributed by atoms with van der Waals surface area (Å²) in [5.74, 6) is -0.787. The second-order valence-corrected chi connectivity index (χ2v) is 9.19. The summed E-state index contributed by atoms with van der Waals surface area (Å²) in [6, 6.07) is 25.2. The molecule has 39 heavy (non-hydrogen) atoms.